The fourth-order valence-corrected chi connectivity index (χ4v) is 2.13. The molecule has 0 aromatic carbocycles. The molecule has 1 saturated heterocycles. The van der Waals surface area contributed by atoms with Crippen LogP contribution in [-0.4, -0.2) is 36.6 Å². The van der Waals surface area contributed by atoms with Crippen LogP contribution in [0.1, 0.15) is 46.0 Å². The normalized spacial score (nSPS) is 22.7. The Morgan fingerprint density at radius 3 is 2.87 bits per heavy atom. The van der Waals surface area contributed by atoms with E-state index >= 15 is 0 Å². The van der Waals surface area contributed by atoms with Crippen LogP contribution in [0.5, 0.6) is 0 Å². The van der Waals surface area contributed by atoms with Gasteiger partial charge in [0.15, 0.2) is 0 Å². The van der Waals surface area contributed by atoms with Crippen LogP contribution < -0.4 is 0 Å². The van der Waals surface area contributed by atoms with Crippen molar-refractivity contribution in [3.8, 4) is 0 Å². The highest BCUT2D eigenvalue weighted by atomic mass is 16.5. The van der Waals surface area contributed by atoms with Gasteiger partial charge in [0.2, 0.25) is 0 Å². The van der Waals surface area contributed by atoms with E-state index in [2.05, 4.69) is 11.8 Å². The molecule has 1 rings (SSSR count). The van der Waals surface area contributed by atoms with Crippen molar-refractivity contribution in [1.29, 1.82) is 0 Å². The molecule has 0 aromatic heterocycles. The van der Waals surface area contributed by atoms with Gasteiger partial charge in [-0.05, 0) is 39.3 Å². The third-order valence-electron chi connectivity index (χ3n) is 2.97. The molecular weight excluding hydrogens is 190 g/mol. The summed E-state index contributed by atoms with van der Waals surface area (Å²) in [6.07, 6.45) is 5.72. The lowest BCUT2D eigenvalue weighted by molar-refractivity contribution is -0.150. The van der Waals surface area contributed by atoms with Crippen molar-refractivity contribution in [2.45, 2.75) is 52.0 Å². The Morgan fingerprint density at radius 2 is 2.20 bits per heavy atom. The minimum Gasteiger partial charge on any atom is -0.465 e. The van der Waals surface area contributed by atoms with E-state index in [1.165, 1.54) is 19.3 Å². The highest BCUT2D eigenvalue weighted by molar-refractivity contribution is 5.75. The summed E-state index contributed by atoms with van der Waals surface area (Å²) in [5, 5.41) is 0. The van der Waals surface area contributed by atoms with Gasteiger partial charge in [0.1, 0.15) is 6.04 Å². The molecule has 1 aliphatic heterocycles. The van der Waals surface area contributed by atoms with Crippen LogP contribution in [0.15, 0.2) is 0 Å². The van der Waals surface area contributed by atoms with Crippen molar-refractivity contribution in [2.75, 3.05) is 19.7 Å². The standard InChI is InChI=1S/C12H23NO2/c1-3-5-9-13-10-7-6-8-11(13)12(14)15-4-2/h11H,3-10H2,1-2H3. The van der Waals surface area contributed by atoms with Crippen molar-refractivity contribution in [2.24, 2.45) is 0 Å². The summed E-state index contributed by atoms with van der Waals surface area (Å²) in [5.41, 5.74) is 0. The molecule has 0 aromatic rings. The molecule has 0 saturated carbocycles. The number of carbonyl (C=O) groups excluding carboxylic acids is 1. The summed E-state index contributed by atoms with van der Waals surface area (Å²) in [5.74, 6) is -0.0201. The van der Waals surface area contributed by atoms with Gasteiger partial charge in [-0.3, -0.25) is 9.69 Å². The van der Waals surface area contributed by atoms with Gasteiger partial charge >= 0.3 is 5.97 Å². The van der Waals surface area contributed by atoms with E-state index < -0.39 is 0 Å². The number of piperidine rings is 1. The number of nitrogens with zero attached hydrogens (tertiary/aromatic N) is 1. The lowest BCUT2D eigenvalue weighted by Gasteiger charge is -2.33. The van der Waals surface area contributed by atoms with Crippen LogP contribution >= 0.6 is 0 Å². The maximum atomic E-state index is 11.7. The Labute approximate surface area is 92.8 Å². The molecule has 3 heteroatoms. The van der Waals surface area contributed by atoms with Crippen LogP contribution in [0.3, 0.4) is 0 Å². The number of likely N-dealkylation sites (tertiary alicyclic amines) is 1. The second kappa shape index (κ2) is 6.83. The molecule has 0 bridgehead atoms. The molecule has 0 amide bonds. The summed E-state index contributed by atoms with van der Waals surface area (Å²) in [6, 6.07) is 0.0326. The van der Waals surface area contributed by atoms with E-state index in [0.717, 1.165) is 25.9 Å². The van der Waals surface area contributed by atoms with E-state index in [1.54, 1.807) is 0 Å². The van der Waals surface area contributed by atoms with E-state index in [0.29, 0.717) is 6.61 Å². The second-order valence-corrected chi connectivity index (χ2v) is 4.15. The number of esters is 1. The summed E-state index contributed by atoms with van der Waals surface area (Å²) < 4.78 is 5.11. The van der Waals surface area contributed by atoms with Crippen molar-refractivity contribution in [1.82, 2.24) is 4.90 Å². The molecule has 1 atom stereocenters. The third-order valence-corrected chi connectivity index (χ3v) is 2.97. The topological polar surface area (TPSA) is 29.5 Å². The zero-order chi connectivity index (χ0) is 11.1. The average Bonchev–Trinajstić information content (AvgIpc) is 2.27. The van der Waals surface area contributed by atoms with Gasteiger partial charge in [0.25, 0.3) is 0 Å². The molecule has 0 radical (unpaired) electrons. The molecule has 88 valence electrons. The minimum atomic E-state index is -0.0201. The predicted molar refractivity (Wildman–Crippen MR) is 60.8 cm³/mol. The Bertz CT molecular complexity index is 194. The zero-order valence-electron chi connectivity index (χ0n) is 10.00. The Morgan fingerprint density at radius 1 is 1.40 bits per heavy atom. The average molecular weight is 213 g/mol. The molecule has 15 heavy (non-hydrogen) atoms. The molecule has 1 fully saturated rings. The van der Waals surface area contributed by atoms with Crippen molar-refractivity contribution in [3.63, 3.8) is 0 Å². The van der Waals surface area contributed by atoms with Gasteiger partial charge < -0.3 is 4.74 Å². The lowest BCUT2D eigenvalue weighted by Crippen LogP contribution is -2.45. The number of unbranched alkanes of at least 4 members (excludes halogenated alkanes) is 1. The van der Waals surface area contributed by atoms with Gasteiger partial charge in [-0.2, -0.15) is 0 Å². The van der Waals surface area contributed by atoms with Gasteiger partial charge in [-0.15, -0.1) is 0 Å². The van der Waals surface area contributed by atoms with Crippen molar-refractivity contribution in [3.05, 3.63) is 0 Å². The van der Waals surface area contributed by atoms with Gasteiger partial charge in [0, 0.05) is 0 Å². The molecular formula is C12H23NO2. The summed E-state index contributed by atoms with van der Waals surface area (Å²) in [6.45, 7) is 6.65. The van der Waals surface area contributed by atoms with E-state index in [1.807, 2.05) is 6.92 Å². The Kier molecular flexibility index (Phi) is 5.69. The SMILES string of the molecule is CCCCN1CCCCC1C(=O)OCC. The first-order valence-electron chi connectivity index (χ1n) is 6.20. The highest BCUT2D eigenvalue weighted by Gasteiger charge is 2.28. The van der Waals surface area contributed by atoms with Crippen molar-refractivity contribution < 1.29 is 9.53 Å². The smallest absolute Gasteiger partial charge is 0.323 e. The molecule has 1 heterocycles. The van der Waals surface area contributed by atoms with Gasteiger partial charge in [-0.25, -0.2) is 0 Å². The minimum absolute atomic E-state index is 0.0201. The molecule has 3 nitrogen and oxygen atoms in total. The maximum absolute atomic E-state index is 11.7. The molecule has 0 aliphatic carbocycles. The van der Waals surface area contributed by atoms with Crippen LogP contribution in [-0.2, 0) is 9.53 Å². The van der Waals surface area contributed by atoms with Gasteiger partial charge in [0.05, 0.1) is 6.61 Å². The monoisotopic (exact) mass is 213 g/mol. The molecule has 1 unspecified atom stereocenters. The number of carbonyl (C=O) groups is 1. The first-order valence-corrected chi connectivity index (χ1v) is 6.20. The molecule has 0 spiro atoms. The summed E-state index contributed by atoms with van der Waals surface area (Å²) in [4.78, 5) is 14.0. The van der Waals surface area contributed by atoms with Crippen LogP contribution in [0.2, 0.25) is 0 Å². The quantitative estimate of drug-likeness (QED) is 0.656. The number of hydrogen-bond acceptors (Lipinski definition) is 3. The zero-order valence-corrected chi connectivity index (χ0v) is 10.00. The molecule has 0 N–H and O–H groups in total. The summed E-state index contributed by atoms with van der Waals surface area (Å²) in [7, 11) is 0. The maximum Gasteiger partial charge on any atom is 0.323 e. The fraction of sp³-hybridized carbons (Fsp3) is 0.917. The predicted octanol–water partition coefficient (Wildman–Crippen LogP) is 2.20. The largest absolute Gasteiger partial charge is 0.465 e. The molecule has 1 aliphatic rings. The Hall–Kier alpha value is -0.570. The number of hydrogen-bond donors (Lipinski definition) is 0. The lowest BCUT2D eigenvalue weighted by atomic mass is 10.0. The van der Waals surface area contributed by atoms with Gasteiger partial charge in [-0.1, -0.05) is 19.8 Å². The van der Waals surface area contributed by atoms with Crippen LogP contribution in [0.4, 0.5) is 0 Å². The first kappa shape index (κ1) is 12.5. The Balaban J connectivity index is 2.45. The summed E-state index contributed by atoms with van der Waals surface area (Å²) >= 11 is 0. The number of rotatable bonds is 5. The first-order chi connectivity index (χ1) is 7.29. The fourth-order valence-electron chi connectivity index (χ4n) is 2.13. The number of ether oxygens (including phenoxy) is 1. The second-order valence-electron chi connectivity index (χ2n) is 4.15. The highest BCUT2D eigenvalue weighted by Crippen LogP contribution is 2.18. The van der Waals surface area contributed by atoms with Crippen molar-refractivity contribution >= 4 is 5.97 Å². The van der Waals surface area contributed by atoms with E-state index in [9.17, 15) is 4.79 Å². The van der Waals surface area contributed by atoms with E-state index in [4.69, 9.17) is 4.74 Å². The third kappa shape index (κ3) is 3.82. The van der Waals surface area contributed by atoms with Crippen LogP contribution in [0, 0.1) is 0 Å². The van der Waals surface area contributed by atoms with E-state index in [-0.39, 0.29) is 12.0 Å². The van der Waals surface area contributed by atoms with Crippen LogP contribution in [0.25, 0.3) is 0 Å².